The molecule has 76 valence electrons. The van der Waals surface area contributed by atoms with Gasteiger partial charge in [0, 0.05) is 20.5 Å². The minimum absolute atomic E-state index is 0.0435. The molecule has 0 aliphatic rings. The highest BCUT2D eigenvalue weighted by Gasteiger charge is 2.06. The van der Waals surface area contributed by atoms with E-state index in [4.69, 9.17) is 0 Å². The van der Waals surface area contributed by atoms with E-state index in [1.807, 2.05) is 0 Å². The van der Waals surface area contributed by atoms with Crippen LogP contribution in [0.3, 0.4) is 0 Å². The number of ketones is 1. The van der Waals surface area contributed by atoms with Crippen molar-refractivity contribution in [3.8, 4) is 0 Å². The number of benzene rings is 1. The Kier molecular flexibility index (Phi) is 3.23. The summed E-state index contributed by atoms with van der Waals surface area (Å²) < 4.78 is 13.4. The molecular weight excluding hydrogens is 181 g/mol. The first-order chi connectivity index (χ1) is 6.50. The van der Waals surface area contributed by atoms with Crippen molar-refractivity contribution < 1.29 is 9.18 Å². The molecule has 0 aliphatic carbocycles. The van der Waals surface area contributed by atoms with Gasteiger partial charge in [0.05, 0.1) is 5.69 Å². The van der Waals surface area contributed by atoms with Gasteiger partial charge >= 0.3 is 0 Å². The molecule has 0 radical (unpaired) electrons. The minimum Gasteiger partial charge on any atom is -0.375 e. The van der Waals surface area contributed by atoms with E-state index in [0.29, 0.717) is 12.1 Å². The molecule has 2 nitrogen and oxygen atoms in total. The van der Waals surface area contributed by atoms with Crippen LogP contribution in [0.15, 0.2) is 18.2 Å². The monoisotopic (exact) mass is 195 g/mol. The molecule has 0 saturated carbocycles. The van der Waals surface area contributed by atoms with E-state index in [0.717, 1.165) is 5.56 Å². The molecule has 0 bridgehead atoms. The van der Waals surface area contributed by atoms with Gasteiger partial charge in [0.2, 0.25) is 0 Å². The predicted molar refractivity (Wildman–Crippen MR) is 55.1 cm³/mol. The number of halogens is 1. The van der Waals surface area contributed by atoms with E-state index >= 15 is 0 Å². The quantitative estimate of drug-likeness (QED) is 0.735. The summed E-state index contributed by atoms with van der Waals surface area (Å²) in [4.78, 5) is 12.5. The van der Waals surface area contributed by atoms with Crippen LogP contribution in [0, 0.1) is 5.82 Å². The lowest BCUT2D eigenvalue weighted by molar-refractivity contribution is -0.116. The molecule has 0 heterocycles. The number of hydrogen-bond acceptors (Lipinski definition) is 2. The molecule has 0 aromatic heterocycles. The van der Waals surface area contributed by atoms with E-state index in [-0.39, 0.29) is 11.6 Å². The third-order valence-corrected chi connectivity index (χ3v) is 1.95. The lowest BCUT2D eigenvalue weighted by Gasteiger charge is -2.13. The summed E-state index contributed by atoms with van der Waals surface area (Å²) in [5, 5.41) is 0. The van der Waals surface area contributed by atoms with Gasteiger partial charge in [-0.05, 0) is 24.6 Å². The average Bonchev–Trinajstić information content (AvgIpc) is 2.01. The van der Waals surface area contributed by atoms with Gasteiger partial charge in [0.15, 0.2) is 0 Å². The highest BCUT2D eigenvalue weighted by molar-refractivity contribution is 5.78. The van der Waals surface area contributed by atoms with Crippen LogP contribution in [0.1, 0.15) is 12.5 Å². The van der Waals surface area contributed by atoms with Crippen LogP contribution in [0.4, 0.5) is 10.1 Å². The van der Waals surface area contributed by atoms with Gasteiger partial charge in [-0.2, -0.15) is 0 Å². The molecule has 0 N–H and O–H groups in total. The van der Waals surface area contributed by atoms with Gasteiger partial charge in [0.1, 0.15) is 11.6 Å². The van der Waals surface area contributed by atoms with Gasteiger partial charge in [0.25, 0.3) is 0 Å². The number of carbonyl (C=O) groups excluding carboxylic acids is 1. The van der Waals surface area contributed by atoms with Crippen molar-refractivity contribution >= 4 is 11.5 Å². The molecule has 0 fully saturated rings. The first-order valence-corrected chi connectivity index (χ1v) is 4.46. The summed E-state index contributed by atoms with van der Waals surface area (Å²) in [7, 11) is 3.56. The zero-order valence-electron chi connectivity index (χ0n) is 8.67. The van der Waals surface area contributed by atoms with Crippen molar-refractivity contribution in [1.29, 1.82) is 0 Å². The summed E-state index contributed by atoms with van der Waals surface area (Å²) in [6, 6.07) is 4.88. The summed E-state index contributed by atoms with van der Waals surface area (Å²) in [5.41, 5.74) is 1.26. The second-order valence-electron chi connectivity index (χ2n) is 3.56. The number of rotatable bonds is 3. The number of carbonyl (C=O) groups is 1. The Hall–Kier alpha value is -1.38. The number of hydrogen-bond donors (Lipinski definition) is 0. The van der Waals surface area contributed by atoms with Crippen LogP contribution in [0.5, 0.6) is 0 Å². The highest BCUT2D eigenvalue weighted by atomic mass is 19.1. The molecule has 1 aromatic carbocycles. The summed E-state index contributed by atoms with van der Waals surface area (Å²) in [6.45, 7) is 1.50. The first-order valence-electron chi connectivity index (χ1n) is 4.46. The van der Waals surface area contributed by atoms with E-state index in [1.165, 1.54) is 13.0 Å². The van der Waals surface area contributed by atoms with Gasteiger partial charge in [-0.15, -0.1) is 0 Å². The molecule has 0 aliphatic heterocycles. The van der Waals surface area contributed by atoms with Crippen LogP contribution < -0.4 is 4.90 Å². The maximum atomic E-state index is 13.4. The Morgan fingerprint density at radius 3 is 2.50 bits per heavy atom. The van der Waals surface area contributed by atoms with E-state index in [2.05, 4.69) is 0 Å². The first kappa shape index (κ1) is 10.7. The van der Waals surface area contributed by atoms with Crippen LogP contribution in [-0.4, -0.2) is 19.9 Å². The van der Waals surface area contributed by atoms with Gasteiger partial charge < -0.3 is 4.90 Å². The molecule has 3 heteroatoms. The summed E-state index contributed by atoms with van der Waals surface area (Å²) in [5.74, 6) is -0.240. The van der Waals surface area contributed by atoms with Crippen molar-refractivity contribution in [3.05, 3.63) is 29.6 Å². The van der Waals surface area contributed by atoms with Crippen molar-refractivity contribution in [2.45, 2.75) is 13.3 Å². The molecule has 0 spiro atoms. The summed E-state index contributed by atoms with van der Waals surface area (Å²) in [6.07, 6.45) is 0.296. The van der Waals surface area contributed by atoms with Gasteiger partial charge in [-0.3, -0.25) is 4.79 Å². The van der Waals surface area contributed by atoms with Gasteiger partial charge in [-0.25, -0.2) is 4.39 Å². The standard InChI is InChI=1S/C11H14FNO/c1-8(14)6-9-4-5-11(13(2)3)10(12)7-9/h4-5,7H,6H2,1-3H3. The van der Waals surface area contributed by atoms with E-state index in [9.17, 15) is 9.18 Å². The Morgan fingerprint density at radius 2 is 2.07 bits per heavy atom. The smallest absolute Gasteiger partial charge is 0.146 e. The second-order valence-corrected chi connectivity index (χ2v) is 3.56. The Balaban J connectivity index is 2.94. The minimum atomic E-state index is -0.284. The number of Topliss-reactive ketones (excluding diaryl/α,β-unsaturated/α-hetero) is 1. The summed E-state index contributed by atoms with van der Waals surface area (Å²) >= 11 is 0. The Labute approximate surface area is 83.3 Å². The lowest BCUT2D eigenvalue weighted by Crippen LogP contribution is -2.11. The van der Waals surface area contributed by atoms with Crippen LogP contribution in [0.2, 0.25) is 0 Å². The second kappa shape index (κ2) is 4.22. The van der Waals surface area contributed by atoms with Crippen molar-refractivity contribution in [2.75, 3.05) is 19.0 Å². The van der Waals surface area contributed by atoms with Gasteiger partial charge in [-0.1, -0.05) is 6.07 Å². The van der Waals surface area contributed by atoms with Crippen molar-refractivity contribution in [1.82, 2.24) is 0 Å². The molecule has 14 heavy (non-hydrogen) atoms. The molecule has 1 aromatic rings. The predicted octanol–water partition coefficient (Wildman–Crippen LogP) is 2.02. The van der Waals surface area contributed by atoms with Crippen LogP contribution in [0.25, 0.3) is 0 Å². The average molecular weight is 195 g/mol. The molecule has 0 unspecified atom stereocenters. The number of anilines is 1. The zero-order chi connectivity index (χ0) is 10.7. The molecule has 0 atom stereocenters. The lowest BCUT2D eigenvalue weighted by atomic mass is 10.1. The third-order valence-electron chi connectivity index (χ3n) is 1.95. The SMILES string of the molecule is CC(=O)Cc1ccc(N(C)C)c(F)c1. The molecule has 0 saturated heterocycles. The van der Waals surface area contributed by atoms with Crippen molar-refractivity contribution in [3.63, 3.8) is 0 Å². The van der Waals surface area contributed by atoms with E-state index < -0.39 is 0 Å². The molecular formula is C11H14FNO. The van der Waals surface area contributed by atoms with E-state index in [1.54, 1.807) is 31.1 Å². The maximum absolute atomic E-state index is 13.4. The highest BCUT2D eigenvalue weighted by Crippen LogP contribution is 2.18. The molecule has 1 rings (SSSR count). The van der Waals surface area contributed by atoms with Crippen LogP contribution >= 0.6 is 0 Å². The third kappa shape index (κ3) is 2.55. The normalized spacial score (nSPS) is 10.0. The maximum Gasteiger partial charge on any atom is 0.146 e. The van der Waals surface area contributed by atoms with Crippen LogP contribution in [-0.2, 0) is 11.2 Å². The van der Waals surface area contributed by atoms with Crippen molar-refractivity contribution in [2.24, 2.45) is 0 Å². The topological polar surface area (TPSA) is 20.3 Å². The fourth-order valence-corrected chi connectivity index (χ4v) is 1.31. The fourth-order valence-electron chi connectivity index (χ4n) is 1.31. The zero-order valence-corrected chi connectivity index (χ0v) is 8.67. The Bertz CT molecular complexity index is 347. The largest absolute Gasteiger partial charge is 0.375 e. The fraction of sp³-hybridized carbons (Fsp3) is 0.364. The molecule has 0 amide bonds. The number of nitrogens with zero attached hydrogens (tertiary/aromatic N) is 1. The Morgan fingerprint density at radius 1 is 1.43 bits per heavy atom.